The summed E-state index contributed by atoms with van der Waals surface area (Å²) in [5.74, 6) is 0.516. The van der Waals surface area contributed by atoms with Crippen molar-refractivity contribution in [3.05, 3.63) is 23.9 Å². The van der Waals surface area contributed by atoms with E-state index >= 15 is 0 Å². The van der Waals surface area contributed by atoms with E-state index in [0.29, 0.717) is 5.82 Å². The fourth-order valence-corrected chi connectivity index (χ4v) is 0.978. The van der Waals surface area contributed by atoms with Crippen LogP contribution < -0.4 is 10.6 Å². The highest BCUT2D eigenvalue weighted by Crippen LogP contribution is 2.03. The highest BCUT2D eigenvalue weighted by molar-refractivity contribution is 5.93. The molecule has 0 bridgehead atoms. The summed E-state index contributed by atoms with van der Waals surface area (Å²) in [4.78, 5) is 15.6. The molecule has 1 rings (SSSR count). The standard InChI is InChI=1S/C10H15N3O/c1-7-5-4-6-9(12-7)13-10(14)8(2)11-3/h4-6,8,11H,1-3H3,(H,12,13,14)/t8-/m0/s1. The van der Waals surface area contributed by atoms with Gasteiger partial charge in [0.2, 0.25) is 5.91 Å². The second kappa shape index (κ2) is 4.72. The van der Waals surface area contributed by atoms with E-state index in [2.05, 4.69) is 15.6 Å². The number of nitrogens with zero attached hydrogens (tertiary/aromatic N) is 1. The van der Waals surface area contributed by atoms with Crippen molar-refractivity contribution in [3.63, 3.8) is 0 Å². The Morgan fingerprint density at radius 1 is 1.50 bits per heavy atom. The number of pyridine rings is 1. The third kappa shape index (κ3) is 2.81. The van der Waals surface area contributed by atoms with Crippen LogP contribution >= 0.6 is 0 Å². The minimum atomic E-state index is -0.211. The molecule has 4 heteroatoms. The maximum absolute atomic E-state index is 11.4. The molecule has 1 atom stereocenters. The number of hydrogen-bond donors (Lipinski definition) is 2. The molecule has 0 spiro atoms. The monoisotopic (exact) mass is 193 g/mol. The van der Waals surface area contributed by atoms with Crippen LogP contribution in [0.3, 0.4) is 0 Å². The molecular weight excluding hydrogens is 178 g/mol. The van der Waals surface area contributed by atoms with Crippen LogP contribution in [0.2, 0.25) is 0 Å². The first kappa shape index (κ1) is 10.7. The van der Waals surface area contributed by atoms with Gasteiger partial charge in [0, 0.05) is 5.69 Å². The van der Waals surface area contributed by atoms with E-state index in [1.54, 1.807) is 20.0 Å². The van der Waals surface area contributed by atoms with Crippen LogP contribution in [0.4, 0.5) is 5.82 Å². The zero-order chi connectivity index (χ0) is 10.6. The fourth-order valence-electron chi connectivity index (χ4n) is 0.978. The molecule has 1 heterocycles. The van der Waals surface area contributed by atoms with Crippen molar-refractivity contribution < 1.29 is 4.79 Å². The molecule has 0 aliphatic heterocycles. The summed E-state index contributed by atoms with van der Waals surface area (Å²) >= 11 is 0. The zero-order valence-corrected chi connectivity index (χ0v) is 8.66. The van der Waals surface area contributed by atoms with Gasteiger partial charge in [0.15, 0.2) is 0 Å². The molecule has 2 N–H and O–H groups in total. The van der Waals surface area contributed by atoms with Gasteiger partial charge in [-0.15, -0.1) is 0 Å². The van der Waals surface area contributed by atoms with E-state index in [1.807, 2.05) is 19.1 Å². The number of aryl methyl sites for hydroxylation is 1. The molecule has 0 radical (unpaired) electrons. The molecule has 0 unspecified atom stereocenters. The highest BCUT2D eigenvalue weighted by Gasteiger charge is 2.10. The van der Waals surface area contributed by atoms with Gasteiger partial charge >= 0.3 is 0 Å². The summed E-state index contributed by atoms with van der Waals surface area (Å²) in [6, 6.07) is 5.31. The lowest BCUT2D eigenvalue weighted by Gasteiger charge is -2.10. The van der Waals surface area contributed by atoms with Gasteiger partial charge in [0.05, 0.1) is 6.04 Å². The Bertz CT molecular complexity index is 325. The van der Waals surface area contributed by atoms with Crippen molar-refractivity contribution >= 4 is 11.7 Å². The van der Waals surface area contributed by atoms with Crippen LogP contribution in [0.15, 0.2) is 18.2 Å². The summed E-state index contributed by atoms with van der Waals surface area (Å²) in [6.45, 7) is 3.68. The summed E-state index contributed by atoms with van der Waals surface area (Å²) in [5.41, 5.74) is 0.889. The van der Waals surface area contributed by atoms with Crippen molar-refractivity contribution in [2.24, 2.45) is 0 Å². The third-order valence-corrected chi connectivity index (χ3v) is 1.97. The molecule has 14 heavy (non-hydrogen) atoms. The number of carbonyl (C=O) groups excluding carboxylic acids is 1. The van der Waals surface area contributed by atoms with Crippen molar-refractivity contribution in [1.82, 2.24) is 10.3 Å². The minimum Gasteiger partial charge on any atom is -0.309 e. The van der Waals surface area contributed by atoms with E-state index in [1.165, 1.54) is 0 Å². The van der Waals surface area contributed by atoms with Crippen molar-refractivity contribution in [1.29, 1.82) is 0 Å². The molecule has 0 aliphatic rings. The minimum absolute atomic E-state index is 0.0781. The molecule has 1 amide bonds. The zero-order valence-electron chi connectivity index (χ0n) is 8.66. The summed E-state index contributed by atoms with van der Waals surface area (Å²) < 4.78 is 0. The van der Waals surface area contributed by atoms with E-state index < -0.39 is 0 Å². The first-order valence-electron chi connectivity index (χ1n) is 4.55. The maximum atomic E-state index is 11.4. The van der Waals surface area contributed by atoms with Crippen LogP contribution in [0.25, 0.3) is 0 Å². The number of amides is 1. The molecular formula is C10H15N3O. The Morgan fingerprint density at radius 3 is 2.79 bits per heavy atom. The number of hydrogen-bond acceptors (Lipinski definition) is 3. The Labute approximate surface area is 83.7 Å². The number of aromatic nitrogens is 1. The average molecular weight is 193 g/mol. The summed E-state index contributed by atoms with van der Waals surface area (Å²) in [6.07, 6.45) is 0. The summed E-state index contributed by atoms with van der Waals surface area (Å²) in [7, 11) is 1.74. The van der Waals surface area contributed by atoms with Crippen molar-refractivity contribution in [2.45, 2.75) is 19.9 Å². The Kier molecular flexibility index (Phi) is 3.59. The van der Waals surface area contributed by atoms with E-state index in [-0.39, 0.29) is 11.9 Å². The molecule has 0 aromatic carbocycles. The molecule has 4 nitrogen and oxygen atoms in total. The predicted octanol–water partition coefficient (Wildman–Crippen LogP) is 0.936. The smallest absolute Gasteiger partial charge is 0.242 e. The molecule has 1 aromatic rings. The van der Waals surface area contributed by atoms with Crippen LogP contribution in [-0.4, -0.2) is 24.0 Å². The second-order valence-corrected chi connectivity index (χ2v) is 3.16. The Balaban J connectivity index is 2.65. The van der Waals surface area contributed by atoms with Gasteiger partial charge in [-0.3, -0.25) is 4.79 Å². The SMILES string of the molecule is CN[C@@H](C)C(=O)Nc1cccc(C)n1. The lowest BCUT2D eigenvalue weighted by Crippen LogP contribution is -2.35. The fraction of sp³-hybridized carbons (Fsp3) is 0.400. The number of rotatable bonds is 3. The first-order valence-corrected chi connectivity index (χ1v) is 4.55. The topological polar surface area (TPSA) is 54.0 Å². The highest BCUT2D eigenvalue weighted by atomic mass is 16.2. The number of likely N-dealkylation sites (N-methyl/N-ethyl adjacent to an activating group) is 1. The average Bonchev–Trinajstić information content (AvgIpc) is 2.16. The molecule has 0 saturated carbocycles. The van der Waals surface area contributed by atoms with Gasteiger partial charge < -0.3 is 10.6 Å². The quantitative estimate of drug-likeness (QED) is 0.751. The van der Waals surface area contributed by atoms with Gasteiger partial charge in [0.25, 0.3) is 0 Å². The van der Waals surface area contributed by atoms with Crippen molar-refractivity contribution in [3.8, 4) is 0 Å². The van der Waals surface area contributed by atoms with E-state index in [4.69, 9.17) is 0 Å². The molecule has 76 valence electrons. The summed E-state index contributed by atoms with van der Waals surface area (Å²) in [5, 5.41) is 5.58. The third-order valence-electron chi connectivity index (χ3n) is 1.97. The molecule has 0 fully saturated rings. The second-order valence-electron chi connectivity index (χ2n) is 3.16. The van der Waals surface area contributed by atoms with Gasteiger partial charge in [-0.1, -0.05) is 6.07 Å². The molecule has 0 saturated heterocycles. The van der Waals surface area contributed by atoms with Crippen LogP contribution in [0, 0.1) is 6.92 Å². The van der Waals surface area contributed by atoms with Gasteiger partial charge in [-0.05, 0) is 33.0 Å². The van der Waals surface area contributed by atoms with E-state index in [9.17, 15) is 4.79 Å². The maximum Gasteiger partial charge on any atom is 0.242 e. The van der Waals surface area contributed by atoms with Crippen LogP contribution in [0.1, 0.15) is 12.6 Å². The lowest BCUT2D eigenvalue weighted by atomic mass is 10.3. The van der Waals surface area contributed by atoms with Crippen LogP contribution in [-0.2, 0) is 4.79 Å². The predicted molar refractivity (Wildman–Crippen MR) is 56.1 cm³/mol. The van der Waals surface area contributed by atoms with Crippen LogP contribution in [0.5, 0.6) is 0 Å². The van der Waals surface area contributed by atoms with Gasteiger partial charge in [-0.25, -0.2) is 4.98 Å². The Morgan fingerprint density at radius 2 is 2.21 bits per heavy atom. The lowest BCUT2D eigenvalue weighted by molar-refractivity contribution is -0.117. The van der Waals surface area contributed by atoms with Gasteiger partial charge in [0.1, 0.15) is 5.82 Å². The number of carbonyl (C=O) groups is 1. The Hall–Kier alpha value is -1.42. The largest absolute Gasteiger partial charge is 0.309 e. The normalized spacial score (nSPS) is 12.2. The van der Waals surface area contributed by atoms with E-state index in [0.717, 1.165) is 5.69 Å². The molecule has 1 aromatic heterocycles. The van der Waals surface area contributed by atoms with Gasteiger partial charge in [-0.2, -0.15) is 0 Å². The molecule has 0 aliphatic carbocycles. The first-order chi connectivity index (χ1) is 6.63. The number of nitrogens with one attached hydrogen (secondary N) is 2. The number of anilines is 1. The van der Waals surface area contributed by atoms with Crippen molar-refractivity contribution in [2.75, 3.05) is 12.4 Å².